The van der Waals surface area contributed by atoms with Crippen molar-refractivity contribution >= 4 is 34.2 Å². The molecule has 1 N–H and O–H groups in total. The highest BCUT2D eigenvalue weighted by molar-refractivity contribution is 7.99. The number of methoxy groups -OCH3 is 1. The van der Waals surface area contributed by atoms with E-state index < -0.39 is 0 Å². The summed E-state index contributed by atoms with van der Waals surface area (Å²) in [5, 5.41) is 4.12. The zero-order chi connectivity index (χ0) is 13.5. The molecule has 0 spiro atoms. The van der Waals surface area contributed by atoms with Gasteiger partial charge in [0.15, 0.2) is 10.8 Å². The summed E-state index contributed by atoms with van der Waals surface area (Å²) in [6.07, 6.45) is 1.09. The molecule has 1 heterocycles. The van der Waals surface area contributed by atoms with E-state index in [1.807, 2.05) is 18.7 Å². The summed E-state index contributed by atoms with van der Waals surface area (Å²) in [7, 11) is 1.37. The molecule has 1 unspecified atom stereocenters. The monoisotopic (exact) mass is 288 g/mol. The molecule has 0 aliphatic carbocycles. The standard InChI is InChI=1S/C12H20N2O2S2/c1-5-17-7-6-8(2)13-12-14-10(9(3)18-12)11(15)16-4/h8H,5-7H2,1-4H3,(H,13,14). The van der Waals surface area contributed by atoms with Gasteiger partial charge >= 0.3 is 5.97 Å². The maximum absolute atomic E-state index is 11.4. The Kier molecular flexibility index (Phi) is 6.49. The summed E-state index contributed by atoms with van der Waals surface area (Å²) < 4.78 is 4.69. The summed E-state index contributed by atoms with van der Waals surface area (Å²) in [5.41, 5.74) is 0.417. The van der Waals surface area contributed by atoms with E-state index in [2.05, 4.69) is 28.9 Å². The molecule has 0 aliphatic rings. The van der Waals surface area contributed by atoms with Gasteiger partial charge in [-0.15, -0.1) is 11.3 Å². The van der Waals surface area contributed by atoms with Crippen LogP contribution in [0.2, 0.25) is 0 Å². The average Bonchev–Trinajstić information content (AvgIpc) is 2.69. The number of aromatic nitrogens is 1. The molecule has 0 radical (unpaired) electrons. The summed E-state index contributed by atoms with van der Waals surface area (Å²) in [6.45, 7) is 6.17. The van der Waals surface area contributed by atoms with Crippen LogP contribution in [0.15, 0.2) is 0 Å². The number of aryl methyl sites for hydroxylation is 1. The Balaban J connectivity index is 2.54. The van der Waals surface area contributed by atoms with E-state index in [1.165, 1.54) is 18.4 Å². The van der Waals surface area contributed by atoms with Crippen LogP contribution < -0.4 is 5.32 Å². The molecule has 1 aromatic heterocycles. The second-order valence-corrected chi connectivity index (χ2v) is 6.54. The zero-order valence-corrected chi connectivity index (χ0v) is 12.9. The molecular formula is C12H20N2O2S2. The van der Waals surface area contributed by atoms with Crippen molar-refractivity contribution in [2.75, 3.05) is 23.9 Å². The van der Waals surface area contributed by atoms with Crippen molar-refractivity contribution in [3.05, 3.63) is 10.6 Å². The Morgan fingerprint density at radius 2 is 2.33 bits per heavy atom. The number of hydrogen-bond donors (Lipinski definition) is 1. The van der Waals surface area contributed by atoms with Crippen LogP contribution in [0.1, 0.15) is 35.6 Å². The lowest BCUT2D eigenvalue weighted by atomic mass is 10.3. The fourth-order valence-electron chi connectivity index (χ4n) is 1.43. The summed E-state index contributed by atoms with van der Waals surface area (Å²) >= 11 is 3.43. The molecule has 0 bridgehead atoms. The topological polar surface area (TPSA) is 51.2 Å². The van der Waals surface area contributed by atoms with Gasteiger partial charge in [-0.3, -0.25) is 0 Å². The number of carbonyl (C=O) groups excluding carboxylic acids is 1. The molecule has 0 fully saturated rings. The number of esters is 1. The first kappa shape index (κ1) is 15.3. The van der Waals surface area contributed by atoms with Crippen molar-refractivity contribution in [1.82, 2.24) is 4.98 Å². The van der Waals surface area contributed by atoms with Gasteiger partial charge in [-0.2, -0.15) is 11.8 Å². The number of ether oxygens (including phenoxy) is 1. The predicted molar refractivity (Wildman–Crippen MR) is 78.9 cm³/mol. The summed E-state index contributed by atoms with van der Waals surface area (Å²) in [4.78, 5) is 16.6. The number of anilines is 1. The minimum Gasteiger partial charge on any atom is -0.464 e. The fraction of sp³-hybridized carbons (Fsp3) is 0.667. The fourth-order valence-corrected chi connectivity index (χ4v) is 3.15. The van der Waals surface area contributed by atoms with Gasteiger partial charge in [0.1, 0.15) is 0 Å². The van der Waals surface area contributed by atoms with Crippen molar-refractivity contribution in [2.24, 2.45) is 0 Å². The lowest BCUT2D eigenvalue weighted by Gasteiger charge is -2.11. The van der Waals surface area contributed by atoms with Gasteiger partial charge in [-0.25, -0.2) is 9.78 Å². The highest BCUT2D eigenvalue weighted by Crippen LogP contribution is 2.23. The number of hydrogen-bond acceptors (Lipinski definition) is 6. The first-order chi connectivity index (χ1) is 8.58. The molecule has 1 aromatic rings. The van der Waals surface area contributed by atoms with Gasteiger partial charge in [0.05, 0.1) is 7.11 Å². The maximum Gasteiger partial charge on any atom is 0.357 e. The van der Waals surface area contributed by atoms with Crippen LogP contribution in [-0.4, -0.2) is 35.6 Å². The molecule has 0 aliphatic heterocycles. The third-order valence-corrected chi connectivity index (χ3v) is 4.28. The minimum absolute atomic E-state index is 0.361. The van der Waals surface area contributed by atoms with E-state index in [1.54, 1.807) is 0 Å². The number of carbonyl (C=O) groups is 1. The smallest absolute Gasteiger partial charge is 0.357 e. The summed E-state index contributed by atoms with van der Waals surface area (Å²) in [6, 6.07) is 0.361. The molecule has 0 saturated heterocycles. The van der Waals surface area contributed by atoms with Crippen LogP contribution in [0.5, 0.6) is 0 Å². The Morgan fingerprint density at radius 3 is 2.94 bits per heavy atom. The minimum atomic E-state index is -0.369. The van der Waals surface area contributed by atoms with Crippen LogP contribution in [-0.2, 0) is 4.74 Å². The van der Waals surface area contributed by atoms with Gasteiger partial charge in [0, 0.05) is 10.9 Å². The van der Waals surface area contributed by atoms with Crippen LogP contribution in [0.25, 0.3) is 0 Å². The second kappa shape index (κ2) is 7.63. The quantitative estimate of drug-likeness (QED) is 0.617. The molecule has 1 atom stereocenters. The second-order valence-electron chi connectivity index (χ2n) is 3.95. The lowest BCUT2D eigenvalue weighted by molar-refractivity contribution is 0.0594. The van der Waals surface area contributed by atoms with E-state index >= 15 is 0 Å². The first-order valence-corrected chi connectivity index (χ1v) is 7.95. The van der Waals surface area contributed by atoms with E-state index in [-0.39, 0.29) is 5.97 Å². The van der Waals surface area contributed by atoms with Crippen molar-refractivity contribution in [3.63, 3.8) is 0 Å². The number of thioether (sulfide) groups is 1. The van der Waals surface area contributed by atoms with Gasteiger partial charge in [0.25, 0.3) is 0 Å². The molecule has 0 aromatic carbocycles. The number of nitrogens with one attached hydrogen (secondary N) is 1. The van der Waals surface area contributed by atoms with Gasteiger partial charge < -0.3 is 10.1 Å². The molecule has 18 heavy (non-hydrogen) atoms. The molecule has 102 valence electrons. The average molecular weight is 288 g/mol. The van der Waals surface area contributed by atoms with Gasteiger partial charge in [0.2, 0.25) is 0 Å². The van der Waals surface area contributed by atoms with E-state index in [0.29, 0.717) is 11.7 Å². The SMILES string of the molecule is CCSCCC(C)Nc1nc(C(=O)OC)c(C)s1. The molecule has 0 saturated carbocycles. The van der Waals surface area contributed by atoms with Crippen LogP contribution in [0.4, 0.5) is 5.13 Å². The Bertz CT molecular complexity index is 393. The van der Waals surface area contributed by atoms with Crippen LogP contribution >= 0.6 is 23.1 Å². The first-order valence-electron chi connectivity index (χ1n) is 5.98. The van der Waals surface area contributed by atoms with Crippen LogP contribution in [0.3, 0.4) is 0 Å². The molecule has 0 amide bonds. The normalized spacial score (nSPS) is 12.2. The van der Waals surface area contributed by atoms with Crippen molar-refractivity contribution in [1.29, 1.82) is 0 Å². The third-order valence-electron chi connectivity index (χ3n) is 2.44. The van der Waals surface area contributed by atoms with E-state index in [9.17, 15) is 4.79 Å². The van der Waals surface area contributed by atoms with Crippen molar-refractivity contribution in [2.45, 2.75) is 33.2 Å². The third kappa shape index (κ3) is 4.49. The molecule has 6 heteroatoms. The number of thiazole rings is 1. The van der Waals surface area contributed by atoms with Crippen LogP contribution in [0, 0.1) is 6.92 Å². The maximum atomic E-state index is 11.4. The van der Waals surface area contributed by atoms with E-state index in [0.717, 1.165) is 27.9 Å². The highest BCUT2D eigenvalue weighted by Gasteiger charge is 2.16. The molecular weight excluding hydrogens is 268 g/mol. The molecule has 4 nitrogen and oxygen atoms in total. The van der Waals surface area contributed by atoms with Gasteiger partial charge in [-0.1, -0.05) is 6.92 Å². The Hall–Kier alpha value is -0.750. The Labute approximate surface area is 117 Å². The van der Waals surface area contributed by atoms with Gasteiger partial charge in [-0.05, 0) is 31.8 Å². The predicted octanol–water partition coefficient (Wildman–Crippen LogP) is 3.18. The van der Waals surface area contributed by atoms with Crippen molar-refractivity contribution in [3.8, 4) is 0 Å². The molecule has 1 rings (SSSR count). The largest absolute Gasteiger partial charge is 0.464 e. The number of rotatable bonds is 7. The number of nitrogens with zero attached hydrogens (tertiary/aromatic N) is 1. The highest BCUT2D eigenvalue weighted by atomic mass is 32.2. The van der Waals surface area contributed by atoms with Crippen molar-refractivity contribution < 1.29 is 9.53 Å². The zero-order valence-electron chi connectivity index (χ0n) is 11.3. The lowest BCUT2D eigenvalue weighted by Crippen LogP contribution is -2.16. The Morgan fingerprint density at radius 1 is 1.61 bits per heavy atom. The summed E-state index contributed by atoms with van der Waals surface area (Å²) in [5.74, 6) is 1.92. The van der Waals surface area contributed by atoms with E-state index in [4.69, 9.17) is 0 Å².